The van der Waals surface area contributed by atoms with E-state index in [1.807, 2.05) is 0 Å². The molecule has 1 atom stereocenters. The van der Waals surface area contributed by atoms with E-state index in [9.17, 15) is 18.0 Å². The Bertz CT molecular complexity index is 506. The van der Waals surface area contributed by atoms with Gasteiger partial charge in [-0.2, -0.15) is 13.2 Å². The Morgan fingerprint density at radius 2 is 2.29 bits per heavy atom. The molecular formula is C13H17F3N4O. The fourth-order valence-electron chi connectivity index (χ4n) is 2.39. The van der Waals surface area contributed by atoms with Gasteiger partial charge in [-0.25, -0.2) is 9.97 Å². The molecule has 0 spiro atoms. The van der Waals surface area contributed by atoms with E-state index >= 15 is 0 Å². The van der Waals surface area contributed by atoms with Gasteiger partial charge in [0, 0.05) is 19.3 Å². The van der Waals surface area contributed by atoms with Crippen molar-refractivity contribution in [1.82, 2.24) is 20.2 Å². The van der Waals surface area contributed by atoms with Gasteiger partial charge in [-0.05, 0) is 31.9 Å². The minimum Gasteiger partial charge on any atom is -0.350 e. The Morgan fingerprint density at radius 3 is 2.95 bits per heavy atom. The second-order valence-corrected chi connectivity index (χ2v) is 5.20. The van der Waals surface area contributed by atoms with Crippen LogP contribution in [0.1, 0.15) is 22.7 Å². The van der Waals surface area contributed by atoms with Gasteiger partial charge in [0.2, 0.25) is 0 Å². The summed E-state index contributed by atoms with van der Waals surface area (Å²) >= 11 is 0. The maximum Gasteiger partial charge on any atom is 0.401 e. The third-order valence-corrected chi connectivity index (χ3v) is 3.33. The molecular weight excluding hydrogens is 285 g/mol. The third kappa shape index (κ3) is 4.96. The van der Waals surface area contributed by atoms with Crippen molar-refractivity contribution in [1.29, 1.82) is 0 Å². The minimum absolute atomic E-state index is 0.0410. The van der Waals surface area contributed by atoms with Gasteiger partial charge in [-0.3, -0.25) is 9.69 Å². The van der Waals surface area contributed by atoms with Gasteiger partial charge < -0.3 is 5.32 Å². The summed E-state index contributed by atoms with van der Waals surface area (Å²) in [6, 6.07) is 1.51. The van der Waals surface area contributed by atoms with E-state index in [2.05, 4.69) is 15.3 Å². The monoisotopic (exact) mass is 302 g/mol. The number of hydrogen-bond donors (Lipinski definition) is 1. The second kappa shape index (κ2) is 6.38. The molecule has 116 valence electrons. The van der Waals surface area contributed by atoms with Crippen molar-refractivity contribution in [2.24, 2.45) is 5.92 Å². The molecule has 2 heterocycles. The van der Waals surface area contributed by atoms with Crippen LogP contribution in [0.3, 0.4) is 0 Å². The van der Waals surface area contributed by atoms with E-state index in [0.717, 1.165) is 0 Å². The van der Waals surface area contributed by atoms with Crippen molar-refractivity contribution >= 4 is 5.91 Å². The highest BCUT2D eigenvalue weighted by atomic mass is 19.4. The van der Waals surface area contributed by atoms with E-state index in [4.69, 9.17) is 0 Å². The highest BCUT2D eigenvalue weighted by Crippen LogP contribution is 2.22. The SMILES string of the molecule is Cc1nccc(C(=O)NCC2CCN(CC(F)(F)F)C2)n1. The van der Waals surface area contributed by atoms with E-state index in [0.29, 0.717) is 31.9 Å². The number of amides is 1. The molecule has 21 heavy (non-hydrogen) atoms. The van der Waals surface area contributed by atoms with Crippen LogP contribution >= 0.6 is 0 Å². The average molecular weight is 302 g/mol. The maximum absolute atomic E-state index is 12.3. The summed E-state index contributed by atoms with van der Waals surface area (Å²) in [6.07, 6.45) is -2.02. The van der Waals surface area contributed by atoms with Crippen LogP contribution in [-0.4, -0.2) is 53.1 Å². The molecule has 1 aliphatic rings. The number of halogens is 3. The Labute approximate surface area is 120 Å². The van der Waals surface area contributed by atoms with Crippen molar-refractivity contribution in [2.75, 3.05) is 26.2 Å². The molecule has 1 aliphatic heterocycles. The number of nitrogens with one attached hydrogen (secondary N) is 1. The third-order valence-electron chi connectivity index (χ3n) is 3.33. The van der Waals surface area contributed by atoms with Crippen molar-refractivity contribution in [3.8, 4) is 0 Å². The van der Waals surface area contributed by atoms with Crippen LogP contribution in [0, 0.1) is 12.8 Å². The number of carbonyl (C=O) groups is 1. The first kappa shape index (κ1) is 15.7. The Balaban J connectivity index is 1.78. The molecule has 1 saturated heterocycles. The summed E-state index contributed by atoms with van der Waals surface area (Å²) in [5.74, 6) is 0.217. The van der Waals surface area contributed by atoms with E-state index in [-0.39, 0.29) is 17.5 Å². The predicted molar refractivity (Wildman–Crippen MR) is 69.7 cm³/mol. The first-order valence-electron chi connectivity index (χ1n) is 6.70. The van der Waals surface area contributed by atoms with Crippen LogP contribution < -0.4 is 5.32 Å². The van der Waals surface area contributed by atoms with Gasteiger partial charge in [-0.15, -0.1) is 0 Å². The summed E-state index contributed by atoms with van der Waals surface area (Å²) in [5, 5.41) is 2.71. The molecule has 8 heteroatoms. The largest absolute Gasteiger partial charge is 0.401 e. The van der Waals surface area contributed by atoms with Crippen LogP contribution in [0.25, 0.3) is 0 Å². The van der Waals surface area contributed by atoms with Gasteiger partial charge >= 0.3 is 6.18 Å². The number of nitrogens with zero attached hydrogens (tertiary/aromatic N) is 3. The first-order chi connectivity index (χ1) is 9.83. The van der Waals surface area contributed by atoms with Gasteiger partial charge in [0.05, 0.1) is 6.54 Å². The van der Waals surface area contributed by atoms with Crippen LogP contribution in [0.5, 0.6) is 0 Å². The Kier molecular flexibility index (Phi) is 4.76. The number of likely N-dealkylation sites (tertiary alicyclic amines) is 1. The van der Waals surface area contributed by atoms with Crippen molar-refractivity contribution in [3.63, 3.8) is 0 Å². The van der Waals surface area contributed by atoms with Gasteiger partial charge in [0.1, 0.15) is 11.5 Å². The normalized spacial score (nSPS) is 19.7. The Hall–Kier alpha value is -1.70. The van der Waals surface area contributed by atoms with E-state index in [1.54, 1.807) is 6.92 Å². The number of rotatable bonds is 4. The lowest BCUT2D eigenvalue weighted by Gasteiger charge is -2.17. The molecule has 1 fully saturated rings. The van der Waals surface area contributed by atoms with Crippen LogP contribution in [0.4, 0.5) is 13.2 Å². The van der Waals surface area contributed by atoms with Gasteiger partial charge in [0.25, 0.3) is 5.91 Å². The summed E-state index contributed by atoms with van der Waals surface area (Å²) in [5.41, 5.74) is 0.271. The highest BCUT2D eigenvalue weighted by Gasteiger charge is 2.34. The van der Waals surface area contributed by atoms with Gasteiger partial charge in [-0.1, -0.05) is 0 Å². The zero-order valence-electron chi connectivity index (χ0n) is 11.7. The maximum atomic E-state index is 12.3. The van der Waals surface area contributed by atoms with Crippen LogP contribution in [0.2, 0.25) is 0 Å². The number of alkyl halides is 3. The smallest absolute Gasteiger partial charge is 0.350 e. The van der Waals surface area contributed by atoms with Crippen LogP contribution in [-0.2, 0) is 0 Å². The molecule has 1 aromatic heterocycles. The van der Waals surface area contributed by atoms with Crippen LogP contribution in [0.15, 0.2) is 12.3 Å². The molecule has 1 N–H and O–H groups in total. The number of aryl methyl sites for hydroxylation is 1. The fraction of sp³-hybridized carbons (Fsp3) is 0.615. The van der Waals surface area contributed by atoms with Crippen molar-refractivity contribution in [2.45, 2.75) is 19.5 Å². The molecule has 2 rings (SSSR count). The Morgan fingerprint density at radius 1 is 1.52 bits per heavy atom. The molecule has 0 saturated carbocycles. The minimum atomic E-state index is -4.17. The summed E-state index contributed by atoms with van der Waals surface area (Å²) in [4.78, 5) is 21.1. The summed E-state index contributed by atoms with van der Waals surface area (Å²) < 4.78 is 36.8. The predicted octanol–water partition coefficient (Wildman–Crippen LogP) is 1.40. The molecule has 1 aromatic rings. The average Bonchev–Trinajstić information content (AvgIpc) is 2.81. The molecule has 0 aromatic carbocycles. The first-order valence-corrected chi connectivity index (χ1v) is 6.70. The lowest BCUT2D eigenvalue weighted by molar-refractivity contribution is -0.143. The number of aromatic nitrogens is 2. The second-order valence-electron chi connectivity index (χ2n) is 5.20. The highest BCUT2D eigenvalue weighted by molar-refractivity contribution is 5.92. The topological polar surface area (TPSA) is 58.1 Å². The molecule has 5 nitrogen and oxygen atoms in total. The fourth-order valence-corrected chi connectivity index (χ4v) is 2.39. The molecule has 1 unspecified atom stereocenters. The summed E-state index contributed by atoms with van der Waals surface area (Å²) in [6.45, 7) is 1.91. The zero-order valence-corrected chi connectivity index (χ0v) is 11.7. The quantitative estimate of drug-likeness (QED) is 0.913. The molecule has 0 aliphatic carbocycles. The zero-order chi connectivity index (χ0) is 15.5. The molecule has 0 bridgehead atoms. The van der Waals surface area contributed by atoms with E-state index in [1.165, 1.54) is 17.2 Å². The number of hydrogen-bond acceptors (Lipinski definition) is 4. The summed E-state index contributed by atoms with van der Waals surface area (Å²) in [7, 11) is 0. The lowest BCUT2D eigenvalue weighted by atomic mass is 10.1. The lowest BCUT2D eigenvalue weighted by Crippen LogP contribution is -2.35. The van der Waals surface area contributed by atoms with Crippen molar-refractivity contribution in [3.05, 3.63) is 23.8 Å². The van der Waals surface area contributed by atoms with Gasteiger partial charge in [0.15, 0.2) is 0 Å². The standard InChI is InChI=1S/C13H17F3N4O/c1-9-17-4-2-11(19-9)12(21)18-6-10-3-5-20(7-10)8-13(14,15)16/h2,4,10H,3,5-8H2,1H3,(H,18,21). The van der Waals surface area contributed by atoms with E-state index < -0.39 is 12.7 Å². The van der Waals surface area contributed by atoms with Crippen molar-refractivity contribution < 1.29 is 18.0 Å². The molecule has 1 amide bonds. The number of carbonyl (C=O) groups excluding carboxylic acids is 1. The molecule has 0 radical (unpaired) electrons.